The highest BCUT2D eigenvalue weighted by molar-refractivity contribution is 8.04. The molecule has 0 amide bonds. The molecule has 0 saturated heterocycles. The summed E-state index contributed by atoms with van der Waals surface area (Å²) in [5, 5.41) is 0. The fraction of sp³-hybridized carbons (Fsp3) is 0.312. The zero-order valence-electron chi connectivity index (χ0n) is 12.1. The molecule has 0 aliphatic heterocycles. The normalized spacial score (nSPS) is 11.8. The number of rotatable bonds is 7. The molecule has 20 heavy (non-hydrogen) atoms. The Bertz CT molecular complexity index is 478. The van der Waals surface area contributed by atoms with E-state index in [0.29, 0.717) is 17.3 Å². The molecular formula is C16H20O3S. The van der Waals surface area contributed by atoms with E-state index in [2.05, 4.69) is 6.58 Å². The minimum Gasteiger partial charge on any atom is -0.468 e. The van der Waals surface area contributed by atoms with Crippen molar-refractivity contribution >= 4 is 17.7 Å². The van der Waals surface area contributed by atoms with Crippen molar-refractivity contribution in [2.45, 2.75) is 25.7 Å². The third-order valence-corrected chi connectivity index (χ3v) is 3.46. The van der Waals surface area contributed by atoms with Crippen molar-refractivity contribution in [2.24, 2.45) is 5.92 Å². The largest absolute Gasteiger partial charge is 0.468 e. The van der Waals surface area contributed by atoms with E-state index in [1.165, 1.54) is 18.0 Å². The third-order valence-electron chi connectivity index (χ3n) is 2.38. The molecule has 0 radical (unpaired) electrons. The number of thioether (sulfide) groups is 1. The second kappa shape index (κ2) is 8.48. The van der Waals surface area contributed by atoms with Gasteiger partial charge in [0.25, 0.3) is 0 Å². The van der Waals surface area contributed by atoms with E-state index >= 15 is 0 Å². The van der Waals surface area contributed by atoms with E-state index < -0.39 is 0 Å². The average molecular weight is 292 g/mol. The fourth-order valence-electron chi connectivity index (χ4n) is 1.54. The number of carbonyl (C=O) groups is 1. The lowest BCUT2D eigenvalue weighted by Crippen LogP contribution is -2.11. The molecule has 1 rings (SSSR count). The SMILES string of the molecule is C=CO/C(=C(/Sc1ccccc1)C(=O)OCC)C(C)C. The zero-order valence-corrected chi connectivity index (χ0v) is 12.9. The van der Waals surface area contributed by atoms with Gasteiger partial charge in [-0.1, -0.05) is 50.4 Å². The molecule has 0 fully saturated rings. The van der Waals surface area contributed by atoms with Gasteiger partial charge in [0.1, 0.15) is 10.7 Å². The van der Waals surface area contributed by atoms with E-state index in [4.69, 9.17) is 9.47 Å². The Hall–Kier alpha value is -1.68. The molecule has 1 aromatic rings. The van der Waals surface area contributed by atoms with Crippen molar-refractivity contribution < 1.29 is 14.3 Å². The van der Waals surface area contributed by atoms with Gasteiger partial charge in [0.05, 0.1) is 12.9 Å². The molecule has 0 bridgehead atoms. The first-order chi connectivity index (χ1) is 9.60. The maximum absolute atomic E-state index is 12.2. The Labute approximate surface area is 124 Å². The number of hydrogen-bond donors (Lipinski definition) is 0. The van der Waals surface area contributed by atoms with E-state index in [-0.39, 0.29) is 11.9 Å². The topological polar surface area (TPSA) is 35.5 Å². The first kappa shape index (κ1) is 16.4. The maximum atomic E-state index is 12.2. The van der Waals surface area contributed by atoms with Crippen LogP contribution in [0.2, 0.25) is 0 Å². The number of hydrogen-bond acceptors (Lipinski definition) is 4. The van der Waals surface area contributed by atoms with Gasteiger partial charge in [-0.2, -0.15) is 0 Å². The second-order valence-corrected chi connectivity index (χ2v) is 5.35. The van der Waals surface area contributed by atoms with E-state index in [0.717, 1.165) is 4.90 Å². The Balaban J connectivity index is 3.15. The minimum absolute atomic E-state index is 0.0589. The third kappa shape index (κ3) is 4.78. The molecule has 108 valence electrons. The van der Waals surface area contributed by atoms with Crippen molar-refractivity contribution in [2.75, 3.05) is 6.61 Å². The number of carbonyl (C=O) groups excluding carboxylic acids is 1. The van der Waals surface area contributed by atoms with Gasteiger partial charge in [-0.25, -0.2) is 4.79 Å². The Morgan fingerprint density at radius 2 is 2.00 bits per heavy atom. The molecular weight excluding hydrogens is 272 g/mol. The zero-order chi connectivity index (χ0) is 15.0. The van der Waals surface area contributed by atoms with Crippen LogP contribution >= 0.6 is 11.8 Å². The molecule has 0 N–H and O–H groups in total. The van der Waals surface area contributed by atoms with Gasteiger partial charge in [0.15, 0.2) is 0 Å². The number of esters is 1. The fourth-order valence-corrected chi connectivity index (χ4v) is 2.59. The van der Waals surface area contributed by atoms with E-state index in [1.54, 1.807) is 6.92 Å². The number of benzene rings is 1. The minimum atomic E-state index is -0.369. The van der Waals surface area contributed by atoms with Crippen LogP contribution in [-0.2, 0) is 14.3 Å². The number of ether oxygens (including phenoxy) is 2. The lowest BCUT2D eigenvalue weighted by Gasteiger charge is -2.15. The standard InChI is InChI=1S/C16H20O3S/c1-5-18-14(12(3)4)15(16(17)19-6-2)20-13-10-8-7-9-11-13/h5,7-12H,1,6H2,2-4H3/b15-14+. The molecule has 0 saturated carbocycles. The highest BCUT2D eigenvalue weighted by Gasteiger charge is 2.21. The quantitative estimate of drug-likeness (QED) is 0.323. The molecule has 0 spiro atoms. The van der Waals surface area contributed by atoms with Gasteiger partial charge in [0, 0.05) is 10.8 Å². The Morgan fingerprint density at radius 1 is 1.35 bits per heavy atom. The summed E-state index contributed by atoms with van der Waals surface area (Å²) in [6.07, 6.45) is 1.33. The molecule has 0 unspecified atom stereocenters. The van der Waals surface area contributed by atoms with Crippen LogP contribution < -0.4 is 0 Å². The highest BCUT2D eigenvalue weighted by Crippen LogP contribution is 2.33. The predicted molar refractivity (Wildman–Crippen MR) is 82.1 cm³/mol. The summed E-state index contributed by atoms with van der Waals surface area (Å²) in [6, 6.07) is 9.66. The van der Waals surface area contributed by atoms with E-state index in [1.807, 2.05) is 44.2 Å². The van der Waals surface area contributed by atoms with Crippen LogP contribution in [0.3, 0.4) is 0 Å². The first-order valence-corrected chi connectivity index (χ1v) is 7.33. The molecule has 3 nitrogen and oxygen atoms in total. The van der Waals surface area contributed by atoms with Gasteiger partial charge in [-0.05, 0) is 19.1 Å². The van der Waals surface area contributed by atoms with Crippen LogP contribution in [0.5, 0.6) is 0 Å². The van der Waals surface area contributed by atoms with Crippen molar-refractivity contribution in [3.05, 3.63) is 53.8 Å². The lowest BCUT2D eigenvalue weighted by molar-refractivity contribution is -0.137. The molecule has 0 heterocycles. The summed E-state index contributed by atoms with van der Waals surface area (Å²) in [4.78, 5) is 13.6. The van der Waals surface area contributed by atoms with Gasteiger partial charge in [0.2, 0.25) is 0 Å². The van der Waals surface area contributed by atoms with Crippen molar-refractivity contribution in [1.29, 1.82) is 0 Å². The average Bonchev–Trinajstić information content (AvgIpc) is 2.43. The Morgan fingerprint density at radius 3 is 2.50 bits per heavy atom. The van der Waals surface area contributed by atoms with Gasteiger partial charge in [-0.15, -0.1) is 0 Å². The smallest absolute Gasteiger partial charge is 0.348 e. The summed E-state index contributed by atoms with van der Waals surface area (Å²) in [6.45, 7) is 9.60. The van der Waals surface area contributed by atoms with Crippen molar-refractivity contribution in [3.8, 4) is 0 Å². The molecule has 0 atom stereocenters. The van der Waals surface area contributed by atoms with Gasteiger partial charge in [-0.3, -0.25) is 0 Å². The van der Waals surface area contributed by atoms with Gasteiger partial charge >= 0.3 is 5.97 Å². The first-order valence-electron chi connectivity index (χ1n) is 6.51. The molecule has 0 aliphatic carbocycles. The van der Waals surface area contributed by atoms with Crippen molar-refractivity contribution in [1.82, 2.24) is 0 Å². The van der Waals surface area contributed by atoms with Gasteiger partial charge < -0.3 is 9.47 Å². The van der Waals surface area contributed by atoms with Crippen molar-refractivity contribution in [3.63, 3.8) is 0 Å². The predicted octanol–water partition coefficient (Wildman–Crippen LogP) is 4.37. The number of allylic oxidation sites excluding steroid dienone is 1. The Kier molecular flexibility index (Phi) is 6.94. The van der Waals surface area contributed by atoms with E-state index in [9.17, 15) is 4.79 Å². The lowest BCUT2D eigenvalue weighted by atomic mass is 10.1. The van der Waals surface area contributed by atoms with Crippen LogP contribution in [0, 0.1) is 5.92 Å². The van der Waals surface area contributed by atoms with Crippen LogP contribution in [0.25, 0.3) is 0 Å². The summed E-state index contributed by atoms with van der Waals surface area (Å²) in [7, 11) is 0. The molecule has 0 aliphatic rings. The summed E-state index contributed by atoms with van der Waals surface area (Å²) >= 11 is 1.35. The second-order valence-electron chi connectivity index (χ2n) is 4.27. The molecule has 4 heteroatoms. The maximum Gasteiger partial charge on any atom is 0.348 e. The van der Waals surface area contributed by atoms with Crippen LogP contribution in [0.4, 0.5) is 0 Å². The highest BCUT2D eigenvalue weighted by atomic mass is 32.2. The molecule has 1 aromatic carbocycles. The van der Waals surface area contributed by atoms with Crippen LogP contribution in [0.1, 0.15) is 20.8 Å². The monoisotopic (exact) mass is 292 g/mol. The summed E-state index contributed by atoms with van der Waals surface area (Å²) in [5.41, 5.74) is 0. The molecule has 0 aromatic heterocycles. The van der Waals surface area contributed by atoms with Crippen LogP contribution in [-0.4, -0.2) is 12.6 Å². The summed E-state index contributed by atoms with van der Waals surface area (Å²) < 4.78 is 10.5. The summed E-state index contributed by atoms with van der Waals surface area (Å²) in [5.74, 6) is 0.267. The van der Waals surface area contributed by atoms with Crippen LogP contribution in [0.15, 0.2) is 58.7 Å².